The van der Waals surface area contributed by atoms with E-state index in [9.17, 15) is 9.59 Å². The Labute approximate surface area is 183 Å². The molecule has 0 aromatic heterocycles. The number of halogens is 2. The third-order valence-electron chi connectivity index (χ3n) is 3.78. The second-order valence-electron chi connectivity index (χ2n) is 5.97. The summed E-state index contributed by atoms with van der Waals surface area (Å²) in [4.78, 5) is 24.2. The molecule has 152 valence electrons. The van der Waals surface area contributed by atoms with E-state index in [4.69, 9.17) is 32.7 Å². The van der Waals surface area contributed by atoms with Gasteiger partial charge in [0.15, 0.2) is 6.61 Å². The predicted molar refractivity (Wildman–Crippen MR) is 116 cm³/mol. The van der Waals surface area contributed by atoms with Crippen LogP contribution in [0.5, 0.6) is 11.5 Å². The van der Waals surface area contributed by atoms with Crippen molar-refractivity contribution < 1.29 is 19.1 Å². The maximum absolute atomic E-state index is 12.3. The highest BCUT2D eigenvalue weighted by Crippen LogP contribution is 2.19. The van der Waals surface area contributed by atoms with E-state index < -0.39 is 11.9 Å². The molecule has 0 atom stereocenters. The molecule has 1 amide bonds. The fourth-order valence-corrected chi connectivity index (χ4v) is 2.56. The van der Waals surface area contributed by atoms with Gasteiger partial charge >= 0.3 is 5.97 Å². The third-order valence-corrected chi connectivity index (χ3v) is 4.28. The molecule has 0 radical (unpaired) electrons. The monoisotopic (exact) mass is 442 g/mol. The van der Waals surface area contributed by atoms with Crippen LogP contribution in [0, 0.1) is 0 Å². The lowest BCUT2D eigenvalue weighted by Gasteiger charge is -2.07. The molecule has 3 aromatic rings. The lowest BCUT2D eigenvalue weighted by Crippen LogP contribution is -2.24. The molecule has 0 unspecified atom stereocenters. The van der Waals surface area contributed by atoms with Gasteiger partial charge in [-0.2, -0.15) is 5.10 Å². The molecule has 3 aromatic carbocycles. The number of hydrogen-bond acceptors (Lipinski definition) is 5. The summed E-state index contributed by atoms with van der Waals surface area (Å²) in [5, 5.41) is 4.98. The van der Waals surface area contributed by atoms with E-state index in [1.165, 1.54) is 6.21 Å². The van der Waals surface area contributed by atoms with Gasteiger partial charge in [0.1, 0.15) is 11.5 Å². The maximum atomic E-state index is 12.3. The molecule has 0 spiro atoms. The summed E-state index contributed by atoms with van der Waals surface area (Å²) in [6.45, 7) is -0.216. The van der Waals surface area contributed by atoms with Crippen LogP contribution in [0.25, 0.3) is 0 Å². The van der Waals surface area contributed by atoms with E-state index in [2.05, 4.69) is 10.5 Å². The molecule has 0 aliphatic carbocycles. The number of carbonyl (C=O) groups excluding carboxylic acids is 2. The number of para-hydroxylation sites is 1. The minimum atomic E-state index is -0.534. The van der Waals surface area contributed by atoms with Crippen molar-refractivity contribution in [3.63, 3.8) is 0 Å². The Morgan fingerprint density at radius 1 is 0.900 bits per heavy atom. The number of esters is 1. The summed E-state index contributed by atoms with van der Waals surface area (Å²) in [6, 6.07) is 19.8. The summed E-state index contributed by atoms with van der Waals surface area (Å²) >= 11 is 11.6. The van der Waals surface area contributed by atoms with Crippen molar-refractivity contribution in [2.24, 2.45) is 5.10 Å². The quantitative estimate of drug-likeness (QED) is 0.248. The number of ether oxygens (including phenoxy) is 2. The van der Waals surface area contributed by atoms with Crippen molar-refractivity contribution in [1.82, 2.24) is 5.43 Å². The van der Waals surface area contributed by atoms with Crippen LogP contribution in [0.1, 0.15) is 15.9 Å². The first-order valence-electron chi connectivity index (χ1n) is 8.78. The Hall–Kier alpha value is -3.35. The van der Waals surface area contributed by atoms with Gasteiger partial charge in [0.05, 0.1) is 11.8 Å². The Bertz CT molecular complexity index is 1050. The second kappa shape index (κ2) is 10.4. The van der Waals surface area contributed by atoms with Gasteiger partial charge in [-0.15, -0.1) is 0 Å². The number of nitrogens with zero attached hydrogens (tertiary/aromatic N) is 1. The molecule has 30 heavy (non-hydrogen) atoms. The Kier molecular flexibility index (Phi) is 7.43. The van der Waals surface area contributed by atoms with Crippen molar-refractivity contribution in [3.8, 4) is 11.5 Å². The molecule has 0 bridgehead atoms. The molecule has 0 fully saturated rings. The van der Waals surface area contributed by atoms with E-state index in [0.29, 0.717) is 32.7 Å². The zero-order chi connectivity index (χ0) is 21.3. The van der Waals surface area contributed by atoms with Gasteiger partial charge in [-0.05, 0) is 60.7 Å². The first kappa shape index (κ1) is 21.4. The summed E-state index contributed by atoms with van der Waals surface area (Å²) < 4.78 is 10.8. The molecule has 8 heteroatoms. The van der Waals surface area contributed by atoms with Gasteiger partial charge in [-0.1, -0.05) is 35.3 Å². The number of hydrogen-bond donors (Lipinski definition) is 1. The van der Waals surface area contributed by atoms with Crippen molar-refractivity contribution in [2.45, 2.75) is 0 Å². The molecular formula is C22H16Cl2N2O4. The molecule has 3 rings (SSSR count). The zero-order valence-electron chi connectivity index (χ0n) is 15.5. The van der Waals surface area contributed by atoms with Crippen molar-refractivity contribution in [1.29, 1.82) is 0 Å². The fraction of sp³-hybridized carbons (Fsp3) is 0.0455. The standard InChI is InChI=1S/C22H16Cl2N2O4/c23-17-7-5-15(6-8-17)22(28)30-20-4-2-1-3-16(20)13-25-26-21(27)14-29-19-11-9-18(24)10-12-19/h1-13H,14H2,(H,26,27)/b25-13+. The number of benzene rings is 3. The SMILES string of the molecule is O=C(COc1ccc(Cl)cc1)N/N=C/c1ccccc1OC(=O)c1ccc(Cl)cc1. The Balaban J connectivity index is 1.56. The van der Waals surface area contributed by atoms with Gasteiger partial charge in [0, 0.05) is 15.6 Å². The van der Waals surface area contributed by atoms with Gasteiger partial charge in [0.25, 0.3) is 5.91 Å². The third kappa shape index (κ3) is 6.34. The molecule has 1 N–H and O–H groups in total. The van der Waals surface area contributed by atoms with E-state index >= 15 is 0 Å². The molecular weight excluding hydrogens is 427 g/mol. The summed E-state index contributed by atoms with van der Waals surface area (Å²) in [6.07, 6.45) is 1.38. The molecule has 0 saturated carbocycles. The molecule has 0 aliphatic heterocycles. The molecule has 0 heterocycles. The van der Waals surface area contributed by atoms with Gasteiger partial charge in [0.2, 0.25) is 0 Å². The van der Waals surface area contributed by atoms with Gasteiger partial charge in [-0.25, -0.2) is 10.2 Å². The van der Waals surface area contributed by atoms with Crippen molar-refractivity contribution >= 4 is 41.3 Å². The Morgan fingerprint density at radius 2 is 1.53 bits per heavy atom. The van der Waals surface area contributed by atoms with Crippen LogP contribution in [0.4, 0.5) is 0 Å². The van der Waals surface area contributed by atoms with E-state index in [0.717, 1.165) is 0 Å². The molecule has 0 saturated heterocycles. The van der Waals surface area contributed by atoms with Crippen molar-refractivity contribution in [2.75, 3.05) is 6.61 Å². The Morgan fingerprint density at radius 3 is 2.23 bits per heavy atom. The first-order chi connectivity index (χ1) is 14.5. The minimum absolute atomic E-state index is 0.216. The average molecular weight is 443 g/mol. The lowest BCUT2D eigenvalue weighted by atomic mass is 10.2. The van der Waals surface area contributed by atoms with Gasteiger partial charge < -0.3 is 9.47 Å². The average Bonchev–Trinajstić information content (AvgIpc) is 2.75. The van der Waals surface area contributed by atoms with E-state index in [-0.39, 0.29) is 6.61 Å². The van der Waals surface area contributed by atoms with Crippen LogP contribution >= 0.6 is 23.2 Å². The van der Waals surface area contributed by atoms with E-state index in [1.807, 2.05) is 0 Å². The smallest absolute Gasteiger partial charge is 0.343 e. The lowest BCUT2D eigenvalue weighted by molar-refractivity contribution is -0.123. The number of carbonyl (C=O) groups is 2. The highest BCUT2D eigenvalue weighted by Gasteiger charge is 2.11. The van der Waals surface area contributed by atoms with Crippen LogP contribution in [-0.4, -0.2) is 24.7 Å². The summed E-state index contributed by atoms with van der Waals surface area (Å²) in [5.41, 5.74) is 3.23. The highest BCUT2D eigenvalue weighted by molar-refractivity contribution is 6.30. The van der Waals surface area contributed by atoms with E-state index in [1.54, 1.807) is 72.8 Å². The largest absolute Gasteiger partial charge is 0.484 e. The topological polar surface area (TPSA) is 77.0 Å². The fourth-order valence-electron chi connectivity index (χ4n) is 2.31. The second-order valence-corrected chi connectivity index (χ2v) is 6.84. The maximum Gasteiger partial charge on any atom is 0.343 e. The summed E-state index contributed by atoms with van der Waals surface area (Å²) in [5.74, 6) is -0.171. The molecule has 0 aliphatic rings. The van der Waals surface area contributed by atoms with Crippen molar-refractivity contribution in [3.05, 3.63) is 94.0 Å². The number of amides is 1. The molecule has 6 nitrogen and oxygen atoms in total. The van der Waals surface area contributed by atoms with Crippen LogP contribution in [0.3, 0.4) is 0 Å². The predicted octanol–water partition coefficient (Wildman–Crippen LogP) is 4.74. The summed E-state index contributed by atoms with van der Waals surface area (Å²) in [7, 11) is 0. The highest BCUT2D eigenvalue weighted by atomic mass is 35.5. The number of hydrazone groups is 1. The minimum Gasteiger partial charge on any atom is -0.484 e. The van der Waals surface area contributed by atoms with Crippen LogP contribution in [-0.2, 0) is 4.79 Å². The van der Waals surface area contributed by atoms with Crippen LogP contribution in [0.2, 0.25) is 10.0 Å². The number of rotatable bonds is 7. The first-order valence-corrected chi connectivity index (χ1v) is 9.54. The van der Waals surface area contributed by atoms with Crippen LogP contribution in [0.15, 0.2) is 77.9 Å². The van der Waals surface area contributed by atoms with Crippen LogP contribution < -0.4 is 14.9 Å². The number of nitrogens with one attached hydrogen (secondary N) is 1. The van der Waals surface area contributed by atoms with Gasteiger partial charge in [-0.3, -0.25) is 4.79 Å². The normalized spacial score (nSPS) is 10.6. The zero-order valence-corrected chi connectivity index (χ0v) is 17.1.